The molecular formula is C15H14Cl2N2O. The van der Waals surface area contributed by atoms with Gasteiger partial charge in [-0.05, 0) is 48.9 Å². The Hall–Kier alpha value is -1.71. The summed E-state index contributed by atoms with van der Waals surface area (Å²) < 4.78 is 0. The summed E-state index contributed by atoms with van der Waals surface area (Å²) in [5, 5.41) is 6.77. The van der Waals surface area contributed by atoms with Gasteiger partial charge in [-0.2, -0.15) is 0 Å². The predicted molar refractivity (Wildman–Crippen MR) is 85.1 cm³/mol. The summed E-state index contributed by atoms with van der Waals surface area (Å²) in [5.74, 6) is -0.208. The lowest BCUT2D eigenvalue weighted by atomic mass is 10.1. The van der Waals surface area contributed by atoms with Crippen molar-refractivity contribution in [2.24, 2.45) is 0 Å². The lowest BCUT2D eigenvalue weighted by Gasteiger charge is -2.10. The molecule has 0 spiro atoms. The first-order chi connectivity index (χ1) is 9.51. The van der Waals surface area contributed by atoms with Crippen molar-refractivity contribution in [2.75, 3.05) is 17.7 Å². The smallest absolute Gasteiger partial charge is 0.255 e. The van der Waals surface area contributed by atoms with Gasteiger partial charge in [0.05, 0.1) is 10.7 Å². The second-order valence-corrected chi connectivity index (χ2v) is 5.20. The molecule has 5 heteroatoms. The molecule has 0 saturated heterocycles. The number of carbonyl (C=O) groups is 1. The highest BCUT2D eigenvalue weighted by Gasteiger charge is 2.10. The SMILES string of the molecule is CNc1ccc(C(=O)Nc2ccc(Cl)cc2Cl)cc1C. The van der Waals surface area contributed by atoms with Crippen LogP contribution in [-0.4, -0.2) is 13.0 Å². The van der Waals surface area contributed by atoms with Gasteiger partial charge in [-0.1, -0.05) is 23.2 Å². The van der Waals surface area contributed by atoms with Gasteiger partial charge < -0.3 is 10.6 Å². The Morgan fingerprint density at radius 3 is 2.35 bits per heavy atom. The summed E-state index contributed by atoms with van der Waals surface area (Å²) >= 11 is 11.9. The third-order valence-electron chi connectivity index (χ3n) is 2.94. The largest absolute Gasteiger partial charge is 0.388 e. The average molecular weight is 309 g/mol. The number of aryl methyl sites for hydroxylation is 1. The van der Waals surface area contributed by atoms with Gasteiger partial charge in [0.15, 0.2) is 0 Å². The average Bonchev–Trinajstić information content (AvgIpc) is 2.41. The van der Waals surface area contributed by atoms with Crippen LogP contribution in [-0.2, 0) is 0 Å². The molecule has 2 aromatic carbocycles. The van der Waals surface area contributed by atoms with Gasteiger partial charge in [0.2, 0.25) is 0 Å². The first kappa shape index (κ1) is 14.7. The van der Waals surface area contributed by atoms with Crippen molar-refractivity contribution in [1.29, 1.82) is 0 Å². The van der Waals surface area contributed by atoms with Crippen LogP contribution in [0.2, 0.25) is 10.0 Å². The molecule has 0 atom stereocenters. The van der Waals surface area contributed by atoms with E-state index >= 15 is 0 Å². The molecule has 2 aromatic rings. The van der Waals surface area contributed by atoms with E-state index in [1.54, 1.807) is 24.3 Å². The van der Waals surface area contributed by atoms with E-state index in [-0.39, 0.29) is 5.91 Å². The molecule has 0 aromatic heterocycles. The molecule has 2 rings (SSSR count). The van der Waals surface area contributed by atoms with Crippen LogP contribution in [0.1, 0.15) is 15.9 Å². The Morgan fingerprint density at radius 1 is 1.05 bits per heavy atom. The van der Waals surface area contributed by atoms with Crippen LogP contribution in [0.15, 0.2) is 36.4 Å². The molecule has 0 radical (unpaired) electrons. The van der Waals surface area contributed by atoms with Gasteiger partial charge in [-0.15, -0.1) is 0 Å². The lowest BCUT2D eigenvalue weighted by Crippen LogP contribution is -2.12. The minimum atomic E-state index is -0.208. The van der Waals surface area contributed by atoms with Gasteiger partial charge in [0.1, 0.15) is 0 Å². The molecule has 1 amide bonds. The fourth-order valence-electron chi connectivity index (χ4n) is 1.87. The number of hydrogen-bond donors (Lipinski definition) is 2. The molecule has 0 unspecified atom stereocenters. The van der Waals surface area contributed by atoms with Gasteiger partial charge in [0, 0.05) is 23.3 Å². The van der Waals surface area contributed by atoms with Crippen molar-refractivity contribution < 1.29 is 4.79 Å². The highest BCUT2D eigenvalue weighted by molar-refractivity contribution is 6.36. The third kappa shape index (κ3) is 3.24. The summed E-state index contributed by atoms with van der Waals surface area (Å²) in [5.41, 5.74) is 3.11. The number of hydrogen-bond acceptors (Lipinski definition) is 2. The minimum absolute atomic E-state index is 0.208. The van der Waals surface area contributed by atoms with E-state index in [2.05, 4.69) is 10.6 Å². The Bertz CT molecular complexity index is 656. The van der Waals surface area contributed by atoms with Gasteiger partial charge in [0.25, 0.3) is 5.91 Å². The van der Waals surface area contributed by atoms with Gasteiger partial charge >= 0.3 is 0 Å². The first-order valence-corrected chi connectivity index (χ1v) is 6.81. The second kappa shape index (κ2) is 6.16. The van der Waals surface area contributed by atoms with Crippen LogP contribution in [0.25, 0.3) is 0 Å². The van der Waals surface area contributed by atoms with Gasteiger partial charge in [-0.3, -0.25) is 4.79 Å². The summed E-state index contributed by atoms with van der Waals surface area (Å²) in [6.07, 6.45) is 0. The predicted octanol–water partition coefficient (Wildman–Crippen LogP) is 4.60. The van der Waals surface area contributed by atoms with Crippen LogP contribution in [0.4, 0.5) is 11.4 Å². The number of rotatable bonds is 3. The zero-order valence-electron chi connectivity index (χ0n) is 11.1. The van der Waals surface area contributed by atoms with Crippen molar-refractivity contribution >= 4 is 40.5 Å². The van der Waals surface area contributed by atoms with Crippen LogP contribution in [0.5, 0.6) is 0 Å². The quantitative estimate of drug-likeness (QED) is 0.870. The fraction of sp³-hybridized carbons (Fsp3) is 0.133. The molecular weight excluding hydrogens is 295 g/mol. The summed E-state index contributed by atoms with van der Waals surface area (Å²) in [6, 6.07) is 10.4. The molecule has 20 heavy (non-hydrogen) atoms. The van der Waals surface area contributed by atoms with E-state index in [9.17, 15) is 4.79 Å². The van der Waals surface area contributed by atoms with Crippen LogP contribution < -0.4 is 10.6 Å². The fourth-order valence-corrected chi connectivity index (χ4v) is 2.33. The zero-order chi connectivity index (χ0) is 14.7. The van der Waals surface area contributed by atoms with Crippen LogP contribution >= 0.6 is 23.2 Å². The maximum atomic E-state index is 12.2. The molecule has 0 bridgehead atoms. The third-order valence-corrected chi connectivity index (χ3v) is 3.49. The molecule has 0 heterocycles. The van der Waals surface area contributed by atoms with Crippen molar-refractivity contribution in [1.82, 2.24) is 0 Å². The van der Waals surface area contributed by atoms with Crippen molar-refractivity contribution in [3.05, 3.63) is 57.6 Å². The van der Waals surface area contributed by atoms with E-state index in [4.69, 9.17) is 23.2 Å². The summed E-state index contributed by atoms with van der Waals surface area (Å²) in [7, 11) is 1.84. The molecule has 0 saturated carbocycles. The van der Waals surface area contributed by atoms with Crippen molar-refractivity contribution in [2.45, 2.75) is 6.92 Å². The van der Waals surface area contributed by atoms with Crippen molar-refractivity contribution in [3.63, 3.8) is 0 Å². The Kier molecular flexibility index (Phi) is 4.53. The Balaban J connectivity index is 2.21. The monoisotopic (exact) mass is 308 g/mol. The topological polar surface area (TPSA) is 41.1 Å². The van der Waals surface area contributed by atoms with Crippen LogP contribution in [0, 0.1) is 6.92 Å². The maximum absolute atomic E-state index is 12.2. The van der Waals surface area contributed by atoms with E-state index in [0.29, 0.717) is 21.3 Å². The molecule has 0 aliphatic rings. The number of carbonyl (C=O) groups excluding carboxylic acids is 1. The standard InChI is InChI=1S/C15H14Cl2N2O/c1-9-7-10(3-5-13(9)18-2)15(20)19-14-6-4-11(16)8-12(14)17/h3-8,18H,1-2H3,(H,19,20). The summed E-state index contributed by atoms with van der Waals surface area (Å²) in [6.45, 7) is 1.94. The van der Waals surface area contributed by atoms with Crippen LogP contribution in [0.3, 0.4) is 0 Å². The van der Waals surface area contributed by atoms with E-state index in [1.807, 2.05) is 26.1 Å². The molecule has 0 aliphatic heterocycles. The molecule has 0 fully saturated rings. The van der Waals surface area contributed by atoms with Crippen molar-refractivity contribution in [3.8, 4) is 0 Å². The number of amides is 1. The highest BCUT2D eigenvalue weighted by Crippen LogP contribution is 2.26. The number of halogens is 2. The summed E-state index contributed by atoms with van der Waals surface area (Å²) in [4.78, 5) is 12.2. The first-order valence-electron chi connectivity index (χ1n) is 6.06. The lowest BCUT2D eigenvalue weighted by molar-refractivity contribution is 0.102. The van der Waals surface area contributed by atoms with E-state index in [0.717, 1.165) is 11.3 Å². The number of nitrogens with one attached hydrogen (secondary N) is 2. The number of anilines is 2. The van der Waals surface area contributed by atoms with E-state index < -0.39 is 0 Å². The van der Waals surface area contributed by atoms with Gasteiger partial charge in [-0.25, -0.2) is 0 Å². The normalized spacial score (nSPS) is 10.2. The maximum Gasteiger partial charge on any atom is 0.255 e. The zero-order valence-corrected chi connectivity index (χ0v) is 12.6. The molecule has 2 N–H and O–H groups in total. The van der Waals surface area contributed by atoms with E-state index in [1.165, 1.54) is 0 Å². The second-order valence-electron chi connectivity index (χ2n) is 4.36. The Labute approximate surface area is 127 Å². The minimum Gasteiger partial charge on any atom is -0.388 e. The molecule has 3 nitrogen and oxygen atoms in total. The molecule has 104 valence electrons. The Morgan fingerprint density at radius 2 is 1.75 bits per heavy atom. The molecule has 0 aliphatic carbocycles. The number of benzene rings is 2. The highest BCUT2D eigenvalue weighted by atomic mass is 35.5.